The lowest BCUT2D eigenvalue weighted by atomic mass is 10.3. The number of anilines is 3. The number of hydrogen-bond donors (Lipinski definition) is 2. The van der Waals surface area contributed by atoms with Gasteiger partial charge in [0.2, 0.25) is 17.7 Å². The molecule has 0 atom stereocenters. The molecule has 4 rings (SSSR count). The number of hydrogen-bond acceptors (Lipinski definition) is 7. The Hall–Kier alpha value is -3.40. The second-order valence-electron chi connectivity index (χ2n) is 6.16. The van der Waals surface area contributed by atoms with Crippen LogP contribution < -0.4 is 15.4 Å². The van der Waals surface area contributed by atoms with Gasteiger partial charge in [-0.1, -0.05) is 12.6 Å². The fourth-order valence-corrected chi connectivity index (χ4v) is 3.87. The number of nitrogens with one attached hydrogen (secondary N) is 2. The molecule has 0 spiro atoms. The summed E-state index contributed by atoms with van der Waals surface area (Å²) in [4.78, 5) is 21.9. The van der Waals surface area contributed by atoms with Gasteiger partial charge in [0.1, 0.15) is 10.4 Å². The Kier molecular flexibility index (Phi) is 7.24. The van der Waals surface area contributed by atoms with Crippen molar-refractivity contribution in [2.75, 3.05) is 16.9 Å². The lowest BCUT2D eigenvalue weighted by molar-refractivity contribution is -0.111. The maximum absolute atomic E-state index is 11.6. The number of thioether (sulfide) groups is 1. The Bertz CT molecular complexity index is 1210. The van der Waals surface area contributed by atoms with Gasteiger partial charge in [0.15, 0.2) is 0 Å². The molecular formula is C22H20N4O3S2. The highest BCUT2D eigenvalue weighted by molar-refractivity contribution is 7.98. The summed E-state index contributed by atoms with van der Waals surface area (Å²) in [6.07, 6.45) is 3.26. The van der Waals surface area contributed by atoms with E-state index in [9.17, 15) is 4.79 Å². The van der Waals surface area contributed by atoms with Crippen molar-refractivity contribution < 1.29 is 15.0 Å². The SMILES string of the molecule is C=CC(=O)Nc1cccc(Oc2nc(Nc3ccc(SC)cc3)nc3ccsc23)c1.O. The third kappa shape index (κ3) is 5.40. The van der Waals surface area contributed by atoms with E-state index >= 15 is 0 Å². The molecule has 0 aliphatic carbocycles. The summed E-state index contributed by atoms with van der Waals surface area (Å²) in [5.41, 5.74) is 2.30. The molecule has 1 amide bonds. The Morgan fingerprint density at radius 2 is 1.94 bits per heavy atom. The van der Waals surface area contributed by atoms with Crippen molar-refractivity contribution in [1.82, 2.24) is 9.97 Å². The minimum Gasteiger partial charge on any atom is -0.437 e. The van der Waals surface area contributed by atoms with E-state index in [-0.39, 0.29) is 11.4 Å². The van der Waals surface area contributed by atoms with Crippen LogP contribution in [0.15, 0.2) is 77.5 Å². The number of nitrogens with zero attached hydrogens (tertiary/aromatic N) is 2. The van der Waals surface area contributed by atoms with Crippen LogP contribution in [0.5, 0.6) is 11.6 Å². The number of carbonyl (C=O) groups excluding carboxylic acids is 1. The third-order valence-corrected chi connectivity index (χ3v) is 5.76. The van der Waals surface area contributed by atoms with Crippen molar-refractivity contribution >= 4 is 56.5 Å². The number of carbonyl (C=O) groups is 1. The van der Waals surface area contributed by atoms with Gasteiger partial charge in [-0.05, 0) is 60.2 Å². The van der Waals surface area contributed by atoms with E-state index in [1.165, 1.54) is 22.3 Å². The van der Waals surface area contributed by atoms with Crippen LogP contribution in [0.1, 0.15) is 0 Å². The van der Waals surface area contributed by atoms with E-state index in [2.05, 4.69) is 27.2 Å². The predicted octanol–water partition coefficient (Wildman–Crippen LogP) is 5.25. The standard InChI is InChI=1S/C22H18N4O2S2.H2O/c1-3-19(27)23-15-5-4-6-16(13-15)28-21-20-18(11-12-30-20)25-22(26-21)24-14-7-9-17(29-2)10-8-14;/h3-13H,1H2,2H3,(H,23,27)(H,24,25,26);1H2. The molecular weight excluding hydrogens is 432 g/mol. The molecule has 4 aromatic rings. The van der Waals surface area contributed by atoms with Crippen LogP contribution in [0.25, 0.3) is 10.2 Å². The molecule has 0 saturated carbocycles. The van der Waals surface area contributed by atoms with Crippen LogP contribution in [0.3, 0.4) is 0 Å². The van der Waals surface area contributed by atoms with Gasteiger partial charge in [-0.15, -0.1) is 23.1 Å². The molecule has 0 aliphatic heterocycles. The minimum absolute atomic E-state index is 0. The smallest absolute Gasteiger partial charge is 0.247 e. The zero-order chi connectivity index (χ0) is 20.9. The average molecular weight is 453 g/mol. The van der Waals surface area contributed by atoms with Crippen LogP contribution in [0, 0.1) is 0 Å². The molecule has 2 heterocycles. The molecule has 0 bridgehead atoms. The van der Waals surface area contributed by atoms with Crippen molar-refractivity contribution in [1.29, 1.82) is 0 Å². The maximum atomic E-state index is 11.6. The molecule has 158 valence electrons. The van der Waals surface area contributed by atoms with E-state index in [0.29, 0.717) is 23.3 Å². The number of ether oxygens (including phenoxy) is 1. The number of amides is 1. The largest absolute Gasteiger partial charge is 0.437 e. The van der Waals surface area contributed by atoms with Crippen LogP contribution in [0.4, 0.5) is 17.3 Å². The summed E-state index contributed by atoms with van der Waals surface area (Å²) in [6, 6.07) is 17.1. The van der Waals surface area contributed by atoms with Crippen molar-refractivity contribution in [2.45, 2.75) is 4.90 Å². The van der Waals surface area contributed by atoms with Crippen molar-refractivity contribution in [3.63, 3.8) is 0 Å². The quantitative estimate of drug-likeness (QED) is 0.293. The van der Waals surface area contributed by atoms with E-state index in [1.807, 2.05) is 42.0 Å². The molecule has 0 saturated heterocycles. The molecule has 0 unspecified atom stereocenters. The Morgan fingerprint density at radius 3 is 2.68 bits per heavy atom. The first kappa shape index (κ1) is 22.3. The summed E-state index contributed by atoms with van der Waals surface area (Å²) >= 11 is 3.20. The minimum atomic E-state index is -0.284. The van der Waals surface area contributed by atoms with Crippen molar-refractivity contribution in [3.8, 4) is 11.6 Å². The van der Waals surface area contributed by atoms with E-state index < -0.39 is 0 Å². The van der Waals surface area contributed by atoms with Crippen LogP contribution in [0.2, 0.25) is 0 Å². The topological polar surface area (TPSA) is 108 Å². The van der Waals surface area contributed by atoms with Gasteiger partial charge < -0.3 is 20.8 Å². The Balaban J connectivity index is 0.00000272. The summed E-state index contributed by atoms with van der Waals surface area (Å²) in [5.74, 6) is 1.17. The van der Waals surface area contributed by atoms with Gasteiger partial charge in [0.25, 0.3) is 0 Å². The zero-order valence-corrected chi connectivity index (χ0v) is 18.2. The molecule has 9 heteroatoms. The summed E-state index contributed by atoms with van der Waals surface area (Å²) in [7, 11) is 0. The predicted molar refractivity (Wildman–Crippen MR) is 128 cm³/mol. The summed E-state index contributed by atoms with van der Waals surface area (Å²) in [6.45, 7) is 3.46. The highest BCUT2D eigenvalue weighted by Crippen LogP contribution is 2.33. The van der Waals surface area contributed by atoms with Crippen molar-refractivity contribution in [2.24, 2.45) is 0 Å². The van der Waals surface area contributed by atoms with E-state index in [4.69, 9.17) is 4.74 Å². The third-order valence-electron chi connectivity index (χ3n) is 4.12. The monoisotopic (exact) mass is 452 g/mol. The fourth-order valence-electron chi connectivity index (χ4n) is 2.71. The maximum Gasteiger partial charge on any atom is 0.247 e. The number of aromatic nitrogens is 2. The first-order chi connectivity index (χ1) is 14.6. The molecule has 0 radical (unpaired) electrons. The zero-order valence-electron chi connectivity index (χ0n) is 16.6. The van der Waals surface area contributed by atoms with Gasteiger partial charge in [-0.2, -0.15) is 4.98 Å². The van der Waals surface area contributed by atoms with E-state index in [1.54, 1.807) is 36.0 Å². The molecule has 31 heavy (non-hydrogen) atoms. The highest BCUT2D eigenvalue weighted by Gasteiger charge is 2.12. The molecule has 0 fully saturated rings. The number of thiophene rings is 1. The number of rotatable bonds is 7. The fraction of sp³-hybridized carbons (Fsp3) is 0.0455. The second kappa shape index (κ2) is 10.1. The summed E-state index contributed by atoms with van der Waals surface area (Å²) < 4.78 is 6.91. The highest BCUT2D eigenvalue weighted by atomic mass is 32.2. The average Bonchev–Trinajstić information content (AvgIpc) is 3.23. The van der Waals surface area contributed by atoms with Crippen LogP contribution in [-0.2, 0) is 4.79 Å². The molecule has 4 N–H and O–H groups in total. The van der Waals surface area contributed by atoms with Gasteiger partial charge >= 0.3 is 0 Å². The van der Waals surface area contributed by atoms with Gasteiger partial charge in [-0.25, -0.2) is 4.98 Å². The van der Waals surface area contributed by atoms with E-state index in [0.717, 1.165) is 15.9 Å². The number of benzene rings is 2. The lowest BCUT2D eigenvalue weighted by Crippen LogP contribution is -2.07. The second-order valence-corrected chi connectivity index (χ2v) is 7.96. The number of fused-ring (bicyclic) bond motifs is 1. The Morgan fingerprint density at radius 1 is 1.13 bits per heavy atom. The lowest BCUT2D eigenvalue weighted by Gasteiger charge is -2.10. The van der Waals surface area contributed by atoms with Crippen LogP contribution >= 0.6 is 23.1 Å². The molecule has 7 nitrogen and oxygen atoms in total. The first-order valence-electron chi connectivity index (χ1n) is 9.02. The molecule has 2 aromatic heterocycles. The first-order valence-corrected chi connectivity index (χ1v) is 11.1. The molecule has 0 aliphatic rings. The van der Waals surface area contributed by atoms with Crippen LogP contribution in [-0.4, -0.2) is 27.6 Å². The Labute approximate surface area is 187 Å². The van der Waals surface area contributed by atoms with Crippen molar-refractivity contribution in [3.05, 3.63) is 72.6 Å². The van der Waals surface area contributed by atoms with Gasteiger partial charge in [-0.3, -0.25) is 4.79 Å². The van der Waals surface area contributed by atoms with Gasteiger partial charge in [0, 0.05) is 22.3 Å². The van der Waals surface area contributed by atoms with Gasteiger partial charge in [0.05, 0.1) is 5.52 Å². The molecule has 2 aromatic carbocycles. The normalized spacial score (nSPS) is 10.2. The summed E-state index contributed by atoms with van der Waals surface area (Å²) in [5, 5.41) is 7.90.